The van der Waals surface area contributed by atoms with Crippen molar-refractivity contribution >= 4 is 50.0 Å². The molecule has 8 heteroatoms. The minimum atomic E-state index is -0.822. The number of anilines is 2. The van der Waals surface area contributed by atoms with Gasteiger partial charge >= 0.3 is 6.03 Å². The molecule has 3 aromatic rings. The summed E-state index contributed by atoms with van der Waals surface area (Å²) in [5.41, 5.74) is 10.9. The lowest BCUT2D eigenvalue weighted by Gasteiger charge is -2.04. The fourth-order valence-corrected chi connectivity index (χ4v) is 3.32. The Morgan fingerprint density at radius 2 is 1.60 bits per heavy atom. The van der Waals surface area contributed by atoms with Gasteiger partial charge in [-0.1, -0.05) is 41.7 Å². The Hall–Kier alpha value is -3.39. The summed E-state index contributed by atoms with van der Waals surface area (Å²) in [6.45, 7) is 0. The number of benzene rings is 2. The number of hydrogen-bond donors (Lipinski definition) is 4. The molecule has 0 bridgehead atoms. The summed E-state index contributed by atoms with van der Waals surface area (Å²) >= 11 is 0.998. The molecule has 0 aliphatic rings. The van der Waals surface area contributed by atoms with E-state index >= 15 is 0 Å². The van der Waals surface area contributed by atoms with Crippen LogP contribution in [0.3, 0.4) is 0 Å². The molecule has 0 atom stereocenters. The normalized spacial score (nSPS) is 10.4. The summed E-state index contributed by atoms with van der Waals surface area (Å²) in [5.74, 6) is -1.07. The number of nitrogens with two attached hydrogens (primary N) is 2. The molecule has 3 rings (SSSR count). The molecule has 1 heterocycles. The molecule has 0 saturated carbocycles. The Kier molecular flexibility index (Phi) is 4.36. The molecule has 2 aromatic carbocycles. The Labute approximate surface area is 146 Å². The number of amides is 4. The van der Waals surface area contributed by atoms with E-state index in [-0.39, 0.29) is 16.5 Å². The average molecular weight is 354 g/mol. The number of carbonyl (C=O) groups is 3. The van der Waals surface area contributed by atoms with Gasteiger partial charge in [0.25, 0.3) is 11.8 Å². The minimum absolute atomic E-state index is 0.0811. The number of thiophene rings is 1. The number of fused-ring (bicyclic) bond motifs is 1. The van der Waals surface area contributed by atoms with Crippen molar-refractivity contribution in [1.82, 2.24) is 0 Å². The Balaban J connectivity index is 1.86. The van der Waals surface area contributed by atoms with Gasteiger partial charge in [-0.05, 0) is 29.0 Å². The van der Waals surface area contributed by atoms with Gasteiger partial charge in [0.2, 0.25) is 0 Å². The average Bonchev–Trinajstić information content (AvgIpc) is 2.96. The van der Waals surface area contributed by atoms with Gasteiger partial charge in [0.05, 0.1) is 10.6 Å². The quantitative estimate of drug-likeness (QED) is 0.575. The SMILES string of the molecule is NC(=O)Nc1sc(NC(=O)c2ccc3ccccc3c2)cc1C(N)=O. The molecule has 0 unspecified atom stereocenters. The predicted octanol–water partition coefficient (Wildman–Crippen LogP) is 2.74. The zero-order chi connectivity index (χ0) is 18.0. The summed E-state index contributed by atoms with van der Waals surface area (Å²) in [6, 6.07) is 13.6. The van der Waals surface area contributed by atoms with Crippen LogP contribution in [0.25, 0.3) is 10.8 Å². The van der Waals surface area contributed by atoms with E-state index < -0.39 is 11.9 Å². The van der Waals surface area contributed by atoms with Crippen molar-refractivity contribution in [2.75, 3.05) is 10.6 Å². The van der Waals surface area contributed by atoms with E-state index in [1.54, 1.807) is 12.1 Å². The topological polar surface area (TPSA) is 127 Å². The van der Waals surface area contributed by atoms with Crippen molar-refractivity contribution in [3.05, 3.63) is 59.7 Å². The number of hydrogen-bond acceptors (Lipinski definition) is 4. The van der Waals surface area contributed by atoms with E-state index in [9.17, 15) is 14.4 Å². The number of urea groups is 1. The maximum atomic E-state index is 12.4. The summed E-state index contributed by atoms with van der Waals surface area (Å²) in [7, 11) is 0. The van der Waals surface area contributed by atoms with E-state index in [0.29, 0.717) is 10.6 Å². The molecule has 1 aromatic heterocycles. The third-order valence-corrected chi connectivity index (χ3v) is 4.45. The molecule has 0 radical (unpaired) electrons. The van der Waals surface area contributed by atoms with Gasteiger partial charge in [-0.3, -0.25) is 14.9 Å². The smallest absolute Gasteiger partial charge is 0.317 e. The summed E-state index contributed by atoms with van der Waals surface area (Å²) in [4.78, 5) is 34.9. The molecule has 0 fully saturated rings. The predicted molar refractivity (Wildman–Crippen MR) is 97.9 cm³/mol. The number of nitrogens with one attached hydrogen (secondary N) is 2. The van der Waals surface area contributed by atoms with Crippen LogP contribution in [0.15, 0.2) is 48.5 Å². The highest BCUT2D eigenvalue weighted by atomic mass is 32.1. The molecule has 25 heavy (non-hydrogen) atoms. The van der Waals surface area contributed by atoms with Gasteiger partial charge in [0.1, 0.15) is 5.00 Å². The van der Waals surface area contributed by atoms with Crippen molar-refractivity contribution in [3.63, 3.8) is 0 Å². The standard InChI is InChI=1S/C17H14N4O3S/c18-14(22)12-8-13(25-16(12)21-17(19)24)20-15(23)11-6-5-9-3-1-2-4-10(9)7-11/h1-8H,(H2,18,22)(H,20,23)(H3,19,21,24). The van der Waals surface area contributed by atoms with Gasteiger partial charge in [0.15, 0.2) is 0 Å². The van der Waals surface area contributed by atoms with E-state index in [1.165, 1.54) is 6.07 Å². The first kappa shape index (κ1) is 16.5. The molecule has 126 valence electrons. The Morgan fingerprint density at radius 1 is 0.880 bits per heavy atom. The number of rotatable bonds is 4. The van der Waals surface area contributed by atoms with Crippen LogP contribution in [0.2, 0.25) is 0 Å². The first-order chi connectivity index (χ1) is 11.9. The number of primary amides is 2. The second kappa shape index (κ2) is 6.62. The summed E-state index contributed by atoms with van der Waals surface area (Å²) < 4.78 is 0. The van der Waals surface area contributed by atoms with Crippen molar-refractivity contribution in [3.8, 4) is 0 Å². The van der Waals surface area contributed by atoms with Gasteiger partial charge in [-0.2, -0.15) is 0 Å². The van der Waals surface area contributed by atoms with Gasteiger partial charge in [-0.15, -0.1) is 0 Å². The Morgan fingerprint density at radius 3 is 2.28 bits per heavy atom. The largest absolute Gasteiger partial charge is 0.366 e. The van der Waals surface area contributed by atoms with E-state index in [2.05, 4.69) is 10.6 Å². The van der Waals surface area contributed by atoms with E-state index in [4.69, 9.17) is 11.5 Å². The molecule has 4 amide bonds. The van der Waals surface area contributed by atoms with E-state index in [1.807, 2.05) is 30.3 Å². The first-order valence-corrected chi connectivity index (χ1v) is 8.06. The maximum Gasteiger partial charge on any atom is 0.317 e. The molecule has 0 saturated heterocycles. The molecule has 0 spiro atoms. The van der Waals surface area contributed by atoms with Gasteiger partial charge in [0, 0.05) is 5.56 Å². The van der Waals surface area contributed by atoms with Crippen LogP contribution in [0.4, 0.5) is 14.8 Å². The van der Waals surface area contributed by atoms with Crippen molar-refractivity contribution in [2.45, 2.75) is 0 Å². The van der Waals surface area contributed by atoms with Crippen LogP contribution in [-0.2, 0) is 0 Å². The van der Waals surface area contributed by atoms with Crippen LogP contribution in [-0.4, -0.2) is 17.8 Å². The molecule has 0 aliphatic carbocycles. The first-order valence-electron chi connectivity index (χ1n) is 7.24. The third-order valence-electron chi connectivity index (χ3n) is 3.48. The maximum absolute atomic E-state index is 12.4. The zero-order valence-corrected chi connectivity index (χ0v) is 13.7. The highest BCUT2D eigenvalue weighted by Gasteiger charge is 2.17. The number of carbonyl (C=O) groups excluding carboxylic acids is 3. The summed E-state index contributed by atoms with van der Waals surface area (Å²) in [5, 5.41) is 7.54. The minimum Gasteiger partial charge on any atom is -0.366 e. The van der Waals surface area contributed by atoms with Crippen LogP contribution >= 0.6 is 11.3 Å². The Bertz CT molecular complexity index is 996. The van der Waals surface area contributed by atoms with Crippen molar-refractivity contribution < 1.29 is 14.4 Å². The van der Waals surface area contributed by atoms with Crippen LogP contribution < -0.4 is 22.1 Å². The van der Waals surface area contributed by atoms with Crippen molar-refractivity contribution in [1.29, 1.82) is 0 Å². The van der Waals surface area contributed by atoms with Crippen molar-refractivity contribution in [2.24, 2.45) is 11.5 Å². The monoisotopic (exact) mass is 354 g/mol. The second-order valence-corrected chi connectivity index (χ2v) is 6.28. The lowest BCUT2D eigenvalue weighted by atomic mass is 10.1. The van der Waals surface area contributed by atoms with E-state index in [0.717, 1.165) is 22.1 Å². The lowest BCUT2D eigenvalue weighted by molar-refractivity contribution is 0.0997. The molecule has 7 nitrogen and oxygen atoms in total. The molecule has 0 aliphatic heterocycles. The highest BCUT2D eigenvalue weighted by molar-refractivity contribution is 7.20. The van der Waals surface area contributed by atoms with Gasteiger partial charge in [-0.25, -0.2) is 4.79 Å². The summed E-state index contributed by atoms with van der Waals surface area (Å²) in [6.07, 6.45) is 0. The fraction of sp³-hybridized carbons (Fsp3) is 0. The lowest BCUT2D eigenvalue weighted by Crippen LogP contribution is -2.21. The molecular formula is C17H14N4O3S. The third kappa shape index (κ3) is 3.59. The van der Waals surface area contributed by atoms with Crippen LogP contribution in [0.1, 0.15) is 20.7 Å². The van der Waals surface area contributed by atoms with Crippen LogP contribution in [0.5, 0.6) is 0 Å². The van der Waals surface area contributed by atoms with Gasteiger partial charge < -0.3 is 16.8 Å². The van der Waals surface area contributed by atoms with Crippen LogP contribution in [0, 0.1) is 0 Å². The second-order valence-electron chi connectivity index (χ2n) is 5.22. The fourth-order valence-electron chi connectivity index (χ4n) is 2.36. The highest BCUT2D eigenvalue weighted by Crippen LogP contribution is 2.32. The molecule has 6 N–H and O–H groups in total. The zero-order valence-electron chi connectivity index (χ0n) is 12.9. The molecular weight excluding hydrogens is 340 g/mol.